The number of pyridine rings is 1. The summed E-state index contributed by atoms with van der Waals surface area (Å²) in [5, 5.41) is 9.86. The van der Waals surface area contributed by atoms with E-state index in [9.17, 15) is 13.5 Å². The number of sulfonamides is 1. The van der Waals surface area contributed by atoms with Crippen LogP contribution in [0.5, 0.6) is 5.75 Å². The summed E-state index contributed by atoms with van der Waals surface area (Å²) in [7, 11) is -1.84. The lowest BCUT2D eigenvalue weighted by Gasteiger charge is -2.37. The van der Waals surface area contributed by atoms with Crippen LogP contribution in [0.4, 0.5) is 0 Å². The highest BCUT2D eigenvalue weighted by Gasteiger charge is 2.38. The third-order valence-corrected chi connectivity index (χ3v) is 8.84. The van der Waals surface area contributed by atoms with Crippen molar-refractivity contribution in [1.29, 1.82) is 0 Å². The Kier molecular flexibility index (Phi) is 8.10. The van der Waals surface area contributed by atoms with Gasteiger partial charge in [-0.15, -0.1) is 0 Å². The molecular weight excluding hydrogens is 474 g/mol. The number of hydrogen-bond acceptors (Lipinski definition) is 6. The first kappa shape index (κ1) is 26.3. The lowest BCUT2D eigenvalue weighted by Crippen LogP contribution is -2.49. The molecule has 0 amide bonds. The van der Waals surface area contributed by atoms with Crippen LogP contribution in [0.15, 0.2) is 71.9 Å². The van der Waals surface area contributed by atoms with Gasteiger partial charge in [-0.2, -0.15) is 4.31 Å². The first-order chi connectivity index (χ1) is 17.2. The number of aryl methyl sites for hydroxylation is 1. The minimum atomic E-state index is -3.87. The van der Waals surface area contributed by atoms with Crippen LogP contribution < -0.4 is 4.74 Å². The summed E-state index contributed by atoms with van der Waals surface area (Å²) in [6.07, 6.45) is 3.30. The topological polar surface area (TPSA) is 83.0 Å². The molecule has 8 heteroatoms. The van der Waals surface area contributed by atoms with E-state index >= 15 is 0 Å². The molecule has 3 atom stereocenters. The molecule has 1 aromatic heterocycles. The number of rotatable bonds is 7. The van der Waals surface area contributed by atoms with Gasteiger partial charge in [-0.3, -0.25) is 9.88 Å². The van der Waals surface area contributed by atoms with Crippen LogP contribution in [-0.2, 0) is 16.6 Å². The number of nitrogens with zero attached hydrogens (tertiary/aromatic N) is 3. The summed E-state index contributed by atoms with van der Waals surface area (Å²) in [5.41, 5.74) is 4.18. The van der Waals surface area contributed by atoms with Crippen LogP contribution in [0.1, 0.15) is 25.0 Å². The van der Waals surface area contributed by atoms with Crippen molar-refractivity contribution in [2.45, 2.75) is 44.4 Å². The molecule has 7 nitrogen and oxygen atoms in total. The maximum atomic E-state index is 13.7. The van der Waals surface area contributed by atoms with Crippen molar-refractivity contribution in [3.05, 3.63) is 78.1 Å². The summed E-state index contributed by atoms with van der Waals surface area (Å²) in [6, 6.07) is 16.7. The van der Waals surface area contributed by atoms with Crippen molar-refractivity contribution in [1.82, 2.24) is 14.2 Å². The fourth-order valence-electron chi connectivity index (χ4n) is 4.68. The number of fused-ring (bicyclic) bond motifs is 1. The molecule has 2 aromatic carbocycles. The van der Waals surface area contributed by atoms with E-state index in [0.29, 0.717) is 12.3 Å². The first-order valence-electron chi connectivity index (χ1n) is 12.3. The Hall–Kier alpha value is -2.78. The largest absolute Gasteiger partial charge is 0.487 e. The molecule has 4 rings (SSSR count). The van der Waals surface area contributed by atoms with Crippen molar-refractivity contribution >= 4 is 10.0 Å². The maximum Gasteiger partial charge on any atom is 0.247 e. The molecule has 0 unspecified atom stereocenters. The highest BCUT2D eigenvalue weighted by Crippen LogP contribution is 2.37. The molecule has 0 saturated carbocycles. The average molecular weight is 510 g/mol. The maximum absolute atomic E-state index is 13.7. The minimum Gasteiger partial charge on any atom is -0.487 e. The first-order valence-corrected chi connectivity index (χ1v) is 13.7. The monoisotopic (exact) mass is 509 g/mol. The summed E-state index contributed by atoms with van der Waals surface area (Å²) in [5.74, 6) is 0.240. The molecular formula is C28H35N3O4S. The quantitative estimate of drug-likeness (QED) is 0.519. The second-order valence-corrected chi connectivity index (χ2v) is 11.6. The molecule has 0 saturated heterocycles. The standard InChI is InChI=1S/C28H35N3O4S/c1-20-7-5-6-8-25(20)24-9-10-28-26(15-24)35-27(18-30(4)17-23-11-13-29-14-12-23)21(2)16-31(22(3)19-32)36(28,33)34/h5-15,21-22,27,32H,16-19H2,1-4H3/t21-,22+,27-/m0/s1. The number of likely N-dealkylation sites (N-methyl/N-ethyl adjacent to an activating group) is 1. The Balaban J connectivity index is 1.74. The number of aliphatic hydroxyl groups is 1. The van der Waals surface area contributed by atoms with Crippen LogP contribution in [-0.4, -0.2) is 66.6 Å². The Morgan fingerprint density at radius 1 is 1.17 bits per heavy atom. The molecule has 0 bridgehead atoms. The summed E-state index contributed by atoms with van der Waals surface area (Å²) >= 11 is 0. The van der Waals surface area contributed by atoms with E-state index in [0.717, 1.165) is 28.8 Å². The molecule has 1 aliphatic rings. The van der Waals surface area contributed by atoms with Gasteiger partial charge >= 0.3 is 0 Å². The van der Waals surface area contributed by atoms with Crippen molar-refractivity contribution < 1.29 is 18.3 Å². The molecule has 1 N–H and O–H groups in total. The number of aliphatic hydroxyl groups excluding tert-OH is 1. The van der Waals surface area contributed by atoms with Crippen molar-refractivity contribution in [3.63, 3.8) is 0 Å². The van der Waals surface area contributed by atoms with Crippen molar-refractivity contribution in [3.8, 4) is 16.9 Å². The Morgan fingerprint density at radius 2 is 1.89 bits per heavy atom. The van der Waals surface area contributed by atoms with Gasteiger partial charge in [0.1, 0.15) is 16.7 Å². The number of benzene rings is 2. The Labute approximate surface area is 214 Å². The molecule has 3 aromatic rings. The zero-order valence-electron chi connectivity index (χ0n) is 21.3. The van der Waals surface area contributed by atoms with Gasteiger partial charge in [0, 0.05) is 44.0 Å². The van der Waals surface area contributed by atoms with E-state index < -0.39 is 16.1 Å². The third kappa shape index (κ3) is 5.62. The molecule has 0 spiro atoms. The molecule has 0 aliphatic carbocycles. The lowest BCUT2D eigenvalue weighted by molar-refractivity contribution is 0.0734. The van der Waals surface area contributed by atoms with Gasteiger partial charge in [-0.25, -0.2) is 8.42 Å². The second-order valence-electron chi connectivity index (χ2n) is 9.77. The zero-order chi connectivity index (χ0) is 25.9. The normalized spacial score (nSPS) is 20.7. The van der Waals surface area contributed by atoms with E-state index in [4.69, 9.17) is 4.74 Å². The number of aromatic nitrogens is 1. The van der Waals surface area contributed by atoms with Gasteiger partial charge in [0.15, 0.2) is 0 Å². The Morgan fingerprint density at radius 3 is 2.58 bits per heavy atom. The van der Waals surface area contributed by atoms with Gasteiger partial charge in [-0.1, -0.05) is 37.3 Å². The molecule has 0 fully saturated rings. The fraction of sp³-hybridized carbons (Fsp3) is 0.393. The predicted octanol–water partition coefficient (Wildman–Crippen LogP) is 3.96. The smallest absolute Gasteiger partial charge is 0.247 e. The SMILES string of the molecule is Cc1ccccc1-c1ccc2c(c1)O[C@@H](CN(C)Cc1ccncc1)[C@@H](C)CN([C@H](C)CO)S2(=O)=O. The minimum absolute atomic E-state index is 0.107. The number of hydrogen-bond donors (Lipinski definition) is 1. The van der Waals surface area contributed by atoms with Gasteiger partial charge in [0.25, 0.3) is 0 Å². The average Bonchev–Trinajstić information content (AvgIpc) is 2.86. The highest BCUT2D eigenvalue weighted by molar-refractivity contribution is 7.89. The van der Waals surface area contributed by atoms with Gasteiger partial charge in [0.05, 0.1) is 6.61 Å². The zero-order valence-corrected chi connectivity index (χ0v) is 22.1. The van der Waals surface area contributed by atoms with Gasteiger partial charge < -0.3 is 9.84 Å². The van der Waals surface area contributed by atoms with Crippen LogP contribution in [0.25, 0.3) is 11.1 Å². The van der Waals surface area contributed by atoms with E-state index in [1.807, 2.05) is 69.4 Å². The van der Waals surface area contributed by atoms with Gasteiger partial charge in [-0.05, 0) is 67.4 Å². The summed E-state index contributed by atoms with van der Waals surface area (Å²) < 4.78 is 35.4. The van der Waals surface area contributed by atoms with E-state index in [-0.39, 0.29) is 30.1 Å². The molecule has 36 heavy (non-hydrogen) atoms. The van der Waals surface area contributed by atoms with Gasteiger partial charge in [0.2, 0.25) is 10.0 Å². The second kappa shape index (κ2) is 11.1. The van der Waals surface area contributed by atoms with Crippen LogP contribution >= 0.6 is 0 Å². The molecule has 2 heterocycles. The number of ether oxygens (including phenoxy) is 1. The van der Waals surface area contributed by atoms with Crippen LogP contribution in [0.2, 0.25) is 0 Å². The van der Waals surface area contributed by atoms with Crippen LogP contribution in [0.3, 0.4) is 0 Å². The van der Waals surface area contributed by atoms with Crippen LogP contribution in [0, 0.1) is 12.8 Å². The molecule has 0 radical (unpaired) electrons. The lowest BCUT2D eigenvalue weighted by atomic mass is 10.00. The highest BCUT2D eigenvalue weighted by atomic mass is 32.2. The van der Waals surface area contributed by atoms with E-state index in [2.05, 4.69) is 9.88 Å². The van der Waals surface area contributed by atoms with Crippen molar-refractivity contribution in [2.75, 3.05) is 26.7 Å². The summed E-state index contributed by atoms with van der Waals surface area (Å²) in [6.45, 7) is 7.12. The molecule has 192 valence electrons. The third-order valence-electron chi connectivity index (χ3n) is 6.82. The van der Waals surface area contributed by atoms with E-state index in [1.54, 1.807) is 25.4 Å². The van der Waals surface area contributed by atoms with Crippen molar-refractivity contribution in [2.24, 2.45) is 5.92 Å². The Bertz CT molecular complexity index is 1280. The van der Waals surface area contributed by atoms with E-state index in [1.165, 1.54) is 4.31 Å². The summed E-state index contributed by atoms with van der Waals surface area (Å²) in [4.78, 5) is 6.40. The fourth-order valence-corrected chi connectivity index (χ4v) is 6.51. The predicted molar refractivity (Wildman–Crippen MR) is 141 cm³/mol. The molecule has 1 aliphatic heterocycles.